The van der Waals surface area contributed by atoms with Crippen molar-refractivity contribution in [1.82, 2.24) is 5.32 Å². The van der Waals surface area contributed by atoms with Crippen molar-refractivity contribution in [2.75, 3.05) is 25.2 Å². The second kappa shape index (κ2) is 6.31. The summed E-state index contributed by atoms with van der Waals surface area (Å²) in [5.74, 6) is 4.44. The van der Waals surface area contributed by atoms with Gasteiger partial charge in [-0.1, -0.05) is 12.1 Å². The number of hydrogen-bond donors (Lipinski definition) is 1. The lowest BCUT2D eigenvalue weighted by atomic mass is 10.1. The van der Waals surface area contributed by atoms with Crippen molar-refractivity contribution in [3.05, 3.63) is 29.8 Å². The maximum absolute atomic E-state index is 5.25. The molecule has 17 heavy (non-hydrogen) atoms. The van der Waals surface area contributed by atoms with Gasteiger partial charge in [0.25, 0.3) is 0 Å². The quantitative estimate of drug-likeness (QED) is 0.869. The molecule has 1 saturated heterocycles. The van der Waals surface area contributed by atoms with Gasteiger partial charge in [-0.25, -0.2) is 0 Å². The van der Waals surface area contributed by atoms with Gasteiger partial charge in [-0.05, 0) is 55.0 Å². The van der Waals surface area contributed by atoms with Gasteiger partial charge in [-0.15, -0.1) is 0 Å². The van der Waals surface area contributed by atoms with E-state index in [2.05, 4.69) is 42.2 Å². The molecular formula is C14H21NOS. The van der Waals surface area contributed by atoms with E-state index in [-0.39, 0.29) is 0 Å². The molecule has 1 aliphatic heterocycles. The van der Waals surface area contributed by atoms with Crippen LogP contribution in [0.2, 0.25) is 0 Å². The molecule has 1 fully saturated rings. The zero-order valence-corrected chi connectivity index (χ0v) is 11.4. The summed E-state index contributed by atoms with van der Waals surface area (Å²) in [6.07, 6.45) is 1.36. The molecule has 1 N–H and O–H groups in total. The van der Waals surface area contributed by atoms with Crippen LogP contribution < -0.4 is 10.1 Å². The van der Waals surface area contributed by atoms with Crippen LogP contribution >= 0.6 is 11.8 Å². The minimum Gasteiger partial charge on any atom is -0.497 e. The second-order valence-electron chi connectivity index (χ2n) is 4.64. The Morgan fingerprint density at radius 2 is 2.41 bits per heavy atom. The highest BCUT2D eigenvalue weighted by Crippen LogP contribution is 2.24. The van der Waals surface area contributed by atoms with E-state index in [1.54, 1.807) is 7.11 Å². The van der Waals surface area contributed by atoms with Crippen molar-refractivity contribution in [3.8, 4) is 5.75 Å². The van der Waals surface area contributed by atoms with E-state index in [4.69, 9.17) is 4.74 Å². The first kappa shape index (κ1) is 12.8. The van der Waals surface area contributed by atoms with E-state index in [9.17, 15) is 0 Å². The van der Waals surface area contributed by atoms with Crippen LogP contribution in [0.1, 0.15) is 24.9 Å². The molecule has 3 heteroatoms. The summed E-state index contributed by atoms with van der Waals surface area (Å²) >= 11 is 2.08. The van der Waals surface area contributed by atoms with Crippen LogP contribution in [0.5, 0.6) is 5.75 Å². The van der Waals surface area contributed by atoms with Gasteiger partial charge in [0.1, 0.15) is 5.75 Å². The van der Waals surface area contributed by atoms with Gasteiger partial charge in [0.05, 0.1) is 7.11 Å². The number of ether oxygens (including phenoxy) is 1. The molecule has 1 aromatic rings. The molecule has 0 amide bonds. The van der Waals surface area contributed by atoms with Crippen molar-refractivity contribution in [2.24, 2.45) is 5.92 Å². The Bertz CT molecular complexity index is 350. The summed E-state index contributed by atoms with van der Waals surface area (Å²) in [5, 5.41) is 3.62. The fraction of sp³-hybridized carbons (Fsp3) is 0.571. The number of benzene rings is 1. The Labute approximate surface area is 108 Å². The van der Waals surface area contributed by atoms with Gasteiger partial charge in [0, 0.05) is 6.04 Å². The largest absolute Gasteiger partial charge is 0.497 e. The number of rotatable bonds is 5. The summed E-state index contributed by atoms with van der Waals surface area (Å²) in [7, 11) is 1.72. The molecule has 2 rings (SSSR count). The SMILES string of the molecule is COc1cccc([C@@H](C)NCC2CCSC2)c1. The molecule has 0 radical (unpaired) electrons. The van der Waals surface area contributed by atoms with Gasteiger partial charge in [0.2, 0.25) is 0 Å². The summed E-state index contributed by atoms with van der Waals surface area (Å²) in [6, 6.07) is 8.71. The van der Waals surface area contributed by atoms with Crippen molar-refractivity contribution in [2.45, 2.75) is 19.4 Å². The molecule has 0 aliphatic carbocycles. The van der Waals surface area contributed by atoms with E-state index < -0.39 is 0 Å². The maximum atomic E-state index is 5.25. The van der Waals surface area contributed by atoms with Gasteiger partial charge >= 0.3 is 0 Å². The van der Waals surface area contributed by atoms with Crippen molar-refractivity contribution in [3.63, 3.8) is 0 Å². The summed E-state index contributed by atoms with van der Waals surface area (Å²) in [5.41, 5.74) is 1.30. The van der Waals surface area contributed by atoms with Gasteiger partial charge < -0.3 is 10.1 Å². The molecule has 2 nitrogen and oxygen atoms in total. The molecular weight excluding hydrogens is 230 g/mol. The summed E-state index contributed by atoms with van der Waals surface area (Å²) < 4.78 is 5.25. The predicted octanol–water partition coefficient (Wildman–Crippen LogP) is 3.10. The molecule has 1 unspecified atom stereocenters. The fourth-order valence-corrected chi connectivity index (χ4v) is 3.40. The highest BCUT2D eigenvalue weighted by molar-refractivity contribution is 7.99. The molecule has 0 aromatic heterocycles. The first-order valence-electron chi connectivity index (χ1n) is 6.24. The molecule has 0 bridgehead atoms. The van der Waals surface area contributed by atoms with Crippen molar-refractivity contribution < 1.29 is 4.74 Å². The zero-order chi connectivity index (χ0) is 12.1. The summed E-state index contributed by atoms with van der Waals surface area (Å²) in [4.78, 5) is 0. The number of nitrogens with one attached hydrogen (secondary N) is 1. The number of methoxy groups -OCH3 is 1. The third kappa shape index (κ3) is 3.65. The minimum atomic E-state index is 0.399. The van der Waals surface area contributed by atoms with Crippen molar-refractivity contribution in [1.29, 1.82) is 0 Å². The second-order valence-corrected chi connectivity index (χ2v) is 5.79. The van der Waals surface area contributed by atoms with E-state index in [1.165, 1.54) is 23.5 Å². The molecule has 2 atom stereocenters. The van der Waals surface area contributed by atoms with Crippen LogP contribution in [-0.4, -0.2) is 25.2 Å². The highest BCUT2D eigenvalue weighted by Gasteiger charge is 2.16. The molecule has 94 valence electrons. The standard InChI is InChI=1S/C14H21NOS/c1-11(15-9-12-6-7-17-10-12)13-4-3-5-14(8-13)16-2/h3-5,8,11-12,15H,6-7,9-10H2,1-2H3/t11-,12?/m1/s1. The fourth-order valence-electron chi connectivity index (χ4n) is 2.12. The Balaban J connectivity index is 1.87. The lowest BCUT2D eigenvalue weighted by molar-refractivity contribution is 0.412. The first-order chi connectivity index (χ1) is 8.29. The topological polar surface area (TPSA) is 21.3 Å². The van der Waals surface area contributed by atoms with Crippen LogP contribution in [0, 0.1) is 5.92 Å². The maximum Gasteiger partial charge on any atom is 0.119 e. The third-order valence-electron chi connectivity index (χ3n) is 3.33. The van der Waals surface area contributed by atoms with E-state index in [0.29, 0.717) is 6.04 Å². The van der Waals surface area contributed by atoms with Crippen molar-refractivity contribution >= 4 is 11.8 Å². The Hall–Kier alpha value is -0.670. The van der Waals surface area contributed by atoms with E-state index in [1.807, 2.05) is 6.07 Å². The zero-order valence-electron chi connectivity index (χ0n) is 10.6. The lowest BCUT2D eigenvalue weighted by Crippen LogP contribution is -2.25. The van der Waals surface area contributed by atoms with Crippen LogP contribution in [0.4, 0.5) is 0 Å². The highest BCUT2D eigenvalue weighted by atomic mass is 32.2. The monoisotopic (exact) mass is 251 g/mol. The Morgan fingerprint density at radius 3 is 3.12 bits per heavy atom. The van der Waals surface area contributed by atoms with Crippen LogP contribution in [0.15, 0.2) is 24.3 Å². The molecule has 1 aromatic carbocycles. The van der Waals surface area contributed by atoms with Crippen LogP contribution in [0.3, 0.4) is 0 Å². The summed E-state index contributed by atoms with van der Waals surface area (Å²) in [6.45, 7) is 3.35. The minimum absolute atomic E-state index is 0.399. The molecule has 0 saturated carbocycles. The van der Waals surface area contributed by atoms with E-state index >= 15 is 0 Å². The Morgan fingerprint density at radius 1 is 1.53 bits per heavy atom. The van der Waals surface area contributed by atoms with E-state index in [0.717, 1.165) is 18.2 Å². The van der Waals surface area contributed by atoms with Crippen LogP contribution in [0.25, 0.3) is 0 Å². The van der Waals surface area contributed by atoms with Gasteiger partial charge in [0.15, 0.2) is 0 Å². The lowest BCUT2D eigenvalue weighted by Gasteiger charge is -2.17. The predicted molar refractivity (Wildman–Crippen MR) is 74.8 cm³/mol. The normalized spacial score (nSPS) is 21.4. The van der Waals surface area contributed by atoms with Gasteiger partial charge in [-0.3, -0.25) is 0 Å². The van der Waals surface area contributed by atoms with Gasteiger partial charge in [-0.2, -0.15) is 11.8 Å². The molecule has 1 heterocycles. The first-order valence-corrected chi connectivity index (χ1v) is 7.40. The third-order valence-corrected chi connectivity index (χ3v) is 4.56. The smallest absolute Gasteiger partial charge is 0.119 e. The van der Waals surface area contributed by atoms with Crippen LogP contribution in [-0.2, 0) is 0 Å². The number of thioether (sulfide) groups is 1. The molecule has 0 spiro atoms. The molecule has 1 aliphatic rings. The Kier molecular flexibility index (Phi) is 4.75. The average molecular weight is 251 g/mol. The average Bonchev–Trinajstić information content (AvgIpc) is 2.89. The number of hydrogen-bond acceptors (Lipinski definition) is 3.